The summed E-state index contributed by atoms with van der Waals surface area (Å²) in [5, 5.41) is 0.491. The molecule has 0 aliphatic carbocycles. The van der Waals surface area contributed by atoms with Crippen LogP contribution in [0.25, 0.3) is 16.7 Å². The molecule has 0 fully saturated rings. The van der Waals surface area contributed by atoms with Gasteiger partial charge >= 0.3 is 0 Å². The molecule has 0 spiro atoms. The predicted octanol–water partition coefficient (Wildman–Crippen LogP) is 4.09. The summed E-state index contributed by atoms with van der Waals surface area (Å²) in [5.41, 5.74) is 4.40. The van der Waals surface area contributed by atoms with Gasteiger partial charge in [0.05, 0.1) is 17.0 Å². The molecule has 30 heavy (non-hydrogen) atoms. The lowest BCUT2D eigenvalue weighted by molar-refractivity contribution is -0.115. The van der Waals surface area contributed by atoms with Crippen LogP contribution in [0, 0.1) is 13.8 Å². The SMILES string of the molecule is Cc1ccc(-n2c(SCC(=O)N(C)c3ccccc3)nc3cc(C)[nH]c3c2=O)cc1. The second kappa shape index (κ2) is 8.20. The van der Waals surface area contributed by atoms with Crippen LogP contribution in [0.15, 0.2) is 70.6 Å². The Hall–Kier alpha value is -3.32. The first-order valence-corrected chi connectivity index (χ1v) is 10.6. The molecule has 4 aromatic rings. The maximum absolute atomic E-state index is 13.2. The molecule has 152 valence electrons. The minimum Gasteiger partial charge on any atom is -0.353 e. The first kappa shape index (κ1) is 20.0. The van der Waals surface area contributed by atoms with Crippen molar-refractivity contribution < 1.29 is 4.79 Å². The first-order valence-electron chi connectivity index (χ1n) is 9.58. The molecule has 6 nitrogen and oxygen atoms in total. The van der Waals surface area contributed by atoms with Crippen LogP contribution in [-0.2, 0) is 4.79 Å². The lowest BCUT2D eigenvalue weighted by Gasteiger charge is -2.17. The Bertz CT molecular complexity index is 1260. The Morgan fingerprint density at radius 2 is 1.80 bits per heavy atom. The zero-order chi connectivity index (χ0) is 21.3. The standard InChI is InChI=1S/C23H22N4O2S/c1-15-9-11-18(12-10-15)27-22(29)21-19(13-16(2)24-21)25-23(27)30-14-20(28)26(3)17-7-5-4-6-8-17/h4-13,24H,14H2,1-3H3. The third-order valence-corrected chi connectivity index (χ3v) is 5.81. The van der Waals surface area contributed by atoms with Crippen molar-refractivity contribution in [1.29, 1.82) is 0 Å². The fourth-order valence-corrected chi connectivity index (χ4v) is 4.14. The summed E-state index contributed by atoms with van der Waals surface area (Å²) in [4.78, 5) is 35.4. The van der Waals surface area contributed by atoms with Crippen LogP contribution in [0.2, 0.25) is 0 Å². The smallest absolute Gasteiger partial charge is 0.283 e. The molecule has 0 radical (unpaired) electrons. The van der Waals surface area contributed by atoms with Gasteiger partial charge in [-0.15, -0.1) is 0 Å². The number of thioether (sulfide) groups is 1. The van der Waals surface area contributed by atoms with Crippen molar-refractivity contribution in [3.8, 4) is 5.69 Å². The Morgan fingerprint density at radius 1 is 1.10 bits per heavy atom. The number of carbonyl (C=O) groups is 1. The van der Waals surface area contributed by atoms with Crippen LogP contribution in [-0.4, -0.2) is 33.2 Å². The highest BCUT2D eigenvalue weighted by Gasteiger charge is 2.18. The first-order chi connectivity index (χ1) is 14.4. The zero-order valence-electron chi connectivity index (χ0n) is 17.0. The van der Waals surface area contributed by atoms with Crippen molar-refractivity contribution in [1.82, 2.24) is 14.5 Å². The fraction of sp³-hybridized carbons (Fsp3) is 0.174. The summed E-state index contributed by atoms with van der Waals surface area (Å²) in [5.74, 6) is 0.0970. The normalized spacial score (nSPS) is 11.0. The molecule has 2 aromatic carbocycles. The van der Waals surface area contributed by atoms with Crippen molar-refractivity contribution >= 4 is 34.4 Å². The number of rotatable bonds is 5. The highest BCUT2D eigenvalue weighted by Crippen LogP contribution is 2.23. The van der Waals surface area contributed by atoms with E-state index in [-0.39, 0.29) is 17.2 Å². The summed E-state index contributed by atoms with van der Waals surface area (Å²) < 4.78 is 1.57. The Balaban J connectivity index is 1.70. The molecule has 0 bridgehead atoms. The minimum absolute atomic E-state index is 0.0683. The van der Waals surface area contributed by atoms with Gasteiger partial charge < -0.3 is 9.88 Å². The molecule has 0 saturated carbocycles. The van der Waals surface area contributed by atoms with E-state index in [1.165, 1.54) is 11.8 Å². The van der Waals surface area contributed by atoms with Crippen molar-refractivity contribution in [3.05, 3.63) is 82.3 Å². The number of aromatic nitrogens is 3. The molecule has 0 saturated heterocycles. The molecule has 0 atom stereocenters. The Kier molecular flexibility index (Phi) is 5.46. The second-order valence-corrected chi connectivity index (χ2v) is 8.10. The van der Waals surface area contributed by atoms with Crippen LogP contribution in [0.1, 0.15) is 11.3 Å². The molecule has 2 aromatic heterocycles. The van der Waals surface area contributed by atoms with Crippen molar-refractivity contribution in [2.24, 2.45) is 0 Å². The Labute approximate surface area is 178 Å². The van der Waals surface area contributed by atoms with Gasteiger partial charge in [0.15, 0.2) is 5.16 Å². The molecule has 0 aliphatic rings. The number of nitrogens with zero attached hydrogens (tertiary/aromatic N) is 3. The number of hydrogen-bond donors (Lipinski definition) is 1. The predicted molar refractivity (Wildman–Crippen MR) is 122 cm³/mol. The highest BCUT2D eigenvalue weighted by molar-refractivity contribution is 7.99. The number of aromatic amines is 1. The summed E-state index contributed by atoms with van der Waals surface area (Å²) in [6.45, 7) is 3.89. The van der Waals surface area contributed by atoms with Crippen LogP contribution in [0.3, 0.4) is 0 Å². The van der Waals surface area contributed by atoms with E-state index in [1.54, 1.807) is 16.5 Å². The van der Waals surface area contributed by atoms with Gasteiger partial charge in [0, 0.05) is 18.4 Å². The topological polar surface area (TPSA) is 71.0 Å². The van der Waals surface area contributed by atoms with Gasteiger partial charge in [-0.05, 0) is 44.2 Å². The lowest BCUT2D eigenvalue weighted by atomic mass is 10.2. The van der Waals surface area contributed by atoms with Gasteiger partial charge in [0.25, 0.3) is 5.56 Å². The lowest BCUT2D eigenvalue weighted by Crippen LogP contribution is -2.28. The average Bonchev–Trinajstić information content (AvgIpc) is 3.13. The van der Waals surface area contributed by atoms with Gasteiger partial charge in [-0.2, -0.15) is 0 Å². The molecule has 0 aliphatic heterocycles. The maximum Gasteiger partial charge on any atom is 0.283 e. The maximum atomic E-state index is 13.2. The number of para-hydroxylation sites is 1. The monoisotopic (exact) mass is 418 g/mol. The molecule has 1 amide bonds. The third kappa shape index (κ3) is 3.89. The van der Waals surface area contributed by atoms with Crippen LogP contribution >= 0.6 is 11.8 Å². The molecular weight excluding hydrogens is 396 g/mol. The Morgan fingerprint density at radius 3 is 2.50 bits per heavy atom. The van der Waals surface area contributed by atoms with Gasteiger partial charge in [-0.25, -0.2) is 4.98 Å². The van der Waals surface area contributed by atoms with Crippen LogP contribution in [0.4, 0.5) is 5.69 Å². The van der Waals surface area contributed by atoms with Crippen LogP contribution in [0.5, 0.6) is 0 Å². The van der Waals surface area contributed by atoms with Gasteiger partial charge in [-0.3, -0.25) is 14.2 Å². The van der Waals surface area contributed by atoms with Crippen LogP contribution < -0.4 is 10.5 Å². The van der Waals surface area contributed by atoms with E-state index < -0.39 is 0 Å². The molecule has 4 rings (SSSR count). The molecule has 0 unspecified atom stereocenters. The second-order valence-electron chi connectivity index (χ2n) is 7.16. The number of anilines is 1. The number of amides is 1. The number of H-pyrrole nitrogens is 1. The summed E-state index contributed by atoms with van der Waals surface area (Å²) in [7, 11) is 1.75. The highest BCUT2D eigenvalue weighted by atomic mass is 32.2. The van der Waals surface area contributed by atoms with Crippen molar-refractivity contribution in [3.63, 3.8) is 0 Å². The molecular formula is C23H22N4O2S. The average molecular weight is 419 g/mol. The van der Waals surface area contributed by atoms with E-state index in [4.69, 9.17) is 0 Å². The summed E-state index contributed by atoms with van der Waals surface area (Å²) >= 11 is 1.26. The number of fused-ring (bicyclic) bond motifs is 1. The van der Waals surface area contributed by atoms with Gasteiger partial charge in [0.1, 0.15) is 5.52 Å². The largest absolute Gasteiger partial charge is 0.353 e. The zero-order valence-corrected chi connectivity index (χ0v) is 17.9. The number of aryl methyl sites for hydroxylation is 2. The molecule has 7 heteroatoms. The van der Waals surface area contributed by atoms with E-state index in [9.17, 15) is 9.59 Å². The van der Waals surface area contributed by atoms with Gasteiger partial charge in [0.2, 0.25) is 5.91 Å². The summed E-state index contributed by atoms with van der Waals surface area (Å²) in [6, 6.07) is 19.0. The van der Waals surface area contributed by atoms with Crippen molar-refractivity contribution in [2.45, 2.75) is 19.0 Å². The van der Waals surface area contributed by atoms with Gasteiger partial charge in [-0.1, -0.05) is 47.7 Å². The minimum atomic E-state index is -0.177. The molecule has 2 heterocycles. The van der Waals surface area contributed by atoms with E-state index in [1.807, 2.05) is 74.5 Å². The summed E-state index contributed by atoms with van der Waals surface area (Å²) in [6.07, 6.45) is 0. The van der Waals surface area contributed by atoms with E-state index in [2.05, 4.69) is 9.97 Å². The number of carbonyl (C=O) groups excluding carboxylic acids is 1. The van der Waals surface area contributed by atoms with E-state index in [0.717, 1.165) is 22.6 Å². The van der Waals surface area contributed by atoms with E-state index >= 15 is 0 Å². The van der Waals surface area contributed by atoms with E-state index in [0.29, 0.717) is 16.2 Å². The third-order valence-electron chi connectivity index (χ3n) is 4.89. The quantitative estimate of drug-likeness (QED) is 0.392. The van der Waals surface area contributed by atoms with Crippen molar-refractivity contribution in [2.75, 3.05) is 17.7 Å². The molecule has 1 N–H and O–H groups in total. The number of nitrogens with one attached hydrogen (secondary N) is 1. The number of benzene rings is 2. The number of hydrogen-bond acceptors (Lipinski definition) is 4. The fourth-order valence-electron chi connectivity index (χ4n) is 3.21.